The molecule has 0 unspecified atom stereocenters. The molecule has 0 aromatic carbocycles. The summed E-state index contributed by atoms with van der Waals surface area (Å²) in [5.74, 6) is 1.21. The van der Waals surface area contributed by atoms with Crippen LogP contribution in [0.3, 0.4) is 0 Å². The average molecular weight is 321 g/mol. The standard InChI is InChI=1S/C13H13BrN4O/c1-17(2)8-3-4-10-16-11(13(15)18(10)7-8)12-9(14)5-6-19-12/h3-7H,15H2,1-2H3. The summed E-state index contributed by atoms with van der Waals surface area (Å²) >= 11 is 3.43. The quantitative estimate of drug-likeness (QED) is 0.788. The number of nitrogen functional groups attached to an aromatic ring is 1. The van der Waals surface area contributed by atoms with E-state index in [-0.39, 0.29) is 0 Å². The first kappa shape index (κ1) is 12.1. The van der Waals surface area contributed by atoms with Gasteiger partial charge in [-0.25, -0.2) is 4.98 Å². The SMILES string of the molecule is CN(C)c1ccc2nc(-c3occc3Br)c(N)n2c1. The largest absolute Gasteiger partial charge is 0.461 e. The molecule has 5 nitrogen and oxygen atoms in total. The van der Waals surface area contributed by atoms with Gasteiger partial charge >= 0.3 is 0 Å². The molecule has 0 saturated heterocycles. The number of aromatic nitrogens is 2. The van der Waals surface area contributed by atoms with E-state index in [0.29, 0.717) is 17.3 Å². The van der Waals surface area contributed by atoms with Crippen LogP contribution < -0.4 is 10.6 Å². The molecular weight excluding hydrogens is 308 g/mol. The highest BCUT2D eigenvalue weighted by Gasteiger charge is 2.17. The molecule has 98 valence electrons. The molecule has 0 aliphatic heterocycles. The van der Waals surface area contributed by atoms with Crippen LogP contribution in [-0.2, 0) is 0 Å². The number of hydrogen-bond acceptors (Lipinski definition) is 4. The first-order valence-electron chi connectivity index (χ1n) is 5.76. The third kappa shape index (κ3) is 1.88. The topological polar surface area (TPSA) is 59.7 Å². The number of furan rings is 1. The maximum atomic E-state index is 6.17. The summed E-state index contributed by atoms with van der Waals surface area (Å²) in [5, 5.41) is 0. The minimum absolute atomic E-state index is 0.564. The van der Waals surface area contributed by atoms with E-state index in [1.807, 2.05) is 47.8 Å². The van der Waals surface area contributed by atoms with E-state index in [0.717, 1.165) is 15.8 Å². The molecule has 3 aromatic rings. The third-order valence-corrected chi connectivity index (χ3v) is 3.61. The van der Waals surface area contributed by atoms with Crippen LogP contribution in [0.1, 0.15) is 0 Å². The molecule has 0 aliphatic rings. The van der Waals surface area contributed by atoms with E-state index in [1.165, 1.54) is 0 Å². The number of imidazole rings is 1. The van der Waals surface area contributed by atoms with Crippen molar-refractivity contribution in [3.05, 3.63) is 35.1 Å². The molecule has 6 heteroatoms. The summed E-state index contributed by atoms with van der Waals surface area (Å²) < 4.78 is 8.13. The van der Waals surface area contributed by atoms with E-state index < -0.39 is 0 Å². The summed E-state index contributed by atoms with van der Waals surface area (Å²) in [7, 11) is 3.97. The minimum atomic E-state index is 0.564. The number of rotatable bonds is 2. The van der Waals surface area contributed by atoms with Gasteiger partial charge in [-0.3, -0.25) is 4.40 Å². The maximum absolute atomic E-state index is 6.17. The van der Waals surface area contributed by atoms with Crippen LogP contribution in [-0.4, -0.2) is 23.5 Å². The maximum Gasteiger partial charge on any atom is 0.170 e. The molecule has 3 aromatic heterocycles. The van der Waals surface area contributed by atoms with Crippen LogP contribution >= 0.6 is 15.9 Å². The number of fused-ring (bicyclic) bond motifs is 1. The van der Waals surface area contributed by atoms with E-state index in [9.17, 15) is 0 Å². The average Bonchev–Trinajstić information content (AvgIpc) is 2.93. The van der Waals surface area contributed by atoms with Crippen molar-refractivity contribution in [2.75, 3.05) is 24.7 Å². The van der Waals surface area contributed by atoms with Crippen molar-refractivity contribution in [3.63, 3.8) is 0 Å². The zero-order valence-corrected chi connectivity index (χ0v) is 12.2. The fourth-order valence-electron chi connectivity index (χ4n) is 1.95. The molecular formula is C13H13BrN4O. The van der Waals surface area contributed by atoms with Gasteiger partial charge in [0.15, 0.2) is 5.76 Å². The number of nitrogens with two attached hydrogens (primary N) is 1. The second-order valence-corrected chi connectivity index (χ2v) is 5.31. The highest BCUT2D eigenvalue weighted by atomic mass is 79.9. The molecule has 0 atom stereocenters. The molecule has 0 amide bonds. The summed E-state index contributed by atoms with van der Waals surface area (Å²) in [6.07, 6.45) is 3.56. The number of nitrogens with zero attached hydrogens (tertiary/aromatic N) is 3. The van der Waals surface area contributed by atoms with Gasteiger partial charge in [0.25, 0.3) is 0 Å². The normalized spacial score (nSPS) is 11.1. The fraction of sp³-hybridized carbons (Fsp3) is 0.154. The Morgan fingerprint density at radius 1 is 1.32 bits per heavy atom. The van der Waals surface area contributed by atoms with Gasteiger partial charge in [-0.1, -0.05) is 0 Å². The zero-order valence-electron chi connectivity index (χ0n) is 10.6. The smallest absolute Gasteiger partial charge is 0.170 e. The first-order chi connectivity index (χ1) is 9.08. The Bertz CT molecular complexity index is 744. The molecule has 0 aliphatic carbocycles. The van der Waals surface area contributed by atoms with Crippen LogP contribution in [0.15, 0.2) is 39.5 Å². The molecule has 0 spiro atoms. The Hall–Kier alpha value is -1.95. The van der Waals surface area contributed by atoms with Crippen LogP contribution in [0.4, 0.5) is 11.5 Å². The van der Waals surface area contributed by atoms with Gasteiger partial charge in [-0.05, 0) is 34.1 Å². The minimum Gasteiger partial charge on any atom is -0.461 e. The van der Waals surface area contributed by atoms with Gasteiger partial charge in [-0.15, -0.1) is 0 Å². The van der Waals surface area contributed by atoms with Crippen molar-refractivity contribution in [2.45, 2.75) is 0 Å². The Morgan fingerprint density at radius 2 is 2.11 bits per heavy atom. The van der Waals surface area contributed by atoms with Crippen LogP contribution in [0.5, 0.6) is 0 Å². The molecule has 0 bridgehead atoms. The predicted molar refractivity (Wildman–Crippen MR) is 79.3 cm³/mol. The second kappa shape index (κ2) is 4.31. The van der Waals surface area contributed by atoms with Crippen molar-refractivity contribution in [1.29, 1.82) is 0 Å². The second-order valence-electron chi connectivity index (χ2n) is 4.45. The lowest BCUT2D eigenvalue weighted by Crippen LogP contribution is -2.09. The van der Waals surface area contributed by atoms with Gasteiger partial charge in [0, 0.05) is 20.3 Å². The lowest BCUT2D eigenvalue weighted by atomic mass is 10.3. The molecule has 0 radical (unpaired) electrons. The molecule has 3 heterocycles. The fourth-order valence-corrected chi connectivity index (χ4v) is 2.34. The molecule has 19 heavy (non-hydrogen) atoms. The van der Waals surface area contributed by atoms with Crippen molar-refractivity contribution in [3.8, 4) is 11.5 Å². The van der Waals surface area contributed by atoms with Gasteiger partial charge < -0.3 is 15.1 Å². The van der Waals surface area contributed by atoms with E-state index in [1.54, 1.807) is 6.26 Å². The lowest BCUT2D eigenvalue weighted by Gasteiger charge is -2.12. The van der Waals surface area contributed by atoms with Crippen LogP contribution in [0.25, 0.3) is 17.1 Å². The number of hydrogen-bond donors (Lipinski definition) is 1. The summed E-state index contributed by atoms with van der Waals surface area (Å²) in [5.41, 5.74) is 8.67. The first-order valence-corrected chi connectivity index (χ1v) is 6.55. The van der Waals surface area contributed by atoms with E-state index >= 15 is 0 Å². The third-order valence-electron chi connectivity index (χ3n) is 2.99. The van der Waals surface area contributed by atoms with Crippen molar-refractivity contribution in [1.82, 2.24) is 9.38 Å². The Balaban J connectivity index is 2.24. The summed E-state index contributed by atoms with van der Waals surface area (Å²) in [4.78, 5) is 6.53. The van der Waals surface area contributed by atoms with Gasteiger partial charge in [-0.2, -0.15) is 0 Å². The lowest BCUT2D eigenvalue weighted by molar-refractivity contribution is 0.579. The molecule has 0 fully saturated rings. The zero-order chi connectivity index (χ0) is 13.6. The number of pyridine rings is 1. The highest BCUT2D eigenvalue weighted by Crippen LogP contribution is 2.33. The Labute approximate surface area is 118 Å². The van der Waals surface area contributed by atoms with Crippen LogP contribution in [0, 0.1) is 0 Å². The van der Waals surface area contributed by atoms with Crippen molar-refractivity contribution >= 4 is 33.1 Å². The predicted octanol–water partition coefficient (Wildman–Crippen LogP) is 3.01. The molecule has 0 saturated carbocycles. The molecule has 2 N–H and O–H groups in total. The summed E-state index contributed by atoms with van der Waals surface area (Å²) in [6.45, 7) is 0. The number of halogens is 1. The highest BCUT2D eigenvalue weighted by molar-refractivity contribution is 9.10. The van der Waals surface area contributed by atoms with Crippen molar-refractivity contribution in [2.24, 2.45) is 0 Å². The Kier molecular flexibility index (Phi) is 2.74. The van der Waals surface area contributed by atoms with E-state index in [2.05, 4.69) is 20.9 Å². The summed E-state index contributed by atoms with van der Waals surface area (Å²) in [6, 6.07) is 5.76. The van der Waals surface area contributed by atoms with Crippen molar-refractivity contribution < 1.29 is 4.42 Å². The molecule has 3 rings (SSSR count). The monoisotopic (exact) mass is 320 g/mol. The van der Waals surface area contributed by atoms with Gasteiger partial charge in [0.1, 0.15) is 17.2 Å². The number of anilines is 2. The van der Waals surface area contributed by atoms with Gasteiger partial charge in [0.05, 0.1) is 16.4 Å². The van der Waals surface area contributed by atoms with Crippen LogP contribution in [0.2, 0.25) is 0 Å². The Morgan fingerprint density at radius 3 is 2.74 bits per heavy atom. The van der Waals surface area contributed by atoms with E-state index in [4.69, 9.17) is 10.2 Å². The van der Waals surface area contributed by atoms with Gasteiger partial charge in [0.2, 0.25) is 0 Å².